The molecule has 0 aromatic heterocycles. The minimum absolute atomic E-state index is 0.0401. The highest BCUT2D eigenvalue weighted by atomic mass is 19.1. The molecule has 0 fully saturated rings. The molecule has 1 heterocycles. The molecule has 5 heteroatoms. The van der Waals surface area contributed by atoms with Gasteiger partial charge < -0.3 is 4.90 Å². The second-order valence-corrected chi connectivity index (χ2v) is 5.45. The Bertz CT molecular complexity index is 827. The van der Waals surface area contributed by atoms with E-state index in [2.05, 4.69) is 0 Å². The van der Waals surface area contributed by atoms with Crippen molar-refractivity contribution in [2.24, 2.45) is 0 Å². The summed E-state index contributed by atoms with van der Waals surface area (Å²) >= 11 is 0. The van der Waals surface area contributed by atoms with Crippen LogP contribution in [-0.4, -0.2) is 30.8 Å². The van der Waals surface area contributed by atoms with Crippen LogP contribution in [0.15, 0.2) is 54.7 Å². The number of rotatable bonds is 2. The summed E-state index contributed by atoms with van der Waals surface area (Å²) in [6.07, 6.45) is 1.64. The van der Waals surface area contributed by atoms with Crippen LogP contribution >= 0.6 is 0 Å². The average molecular weight is 310 g/mol. The summed E-state index contributed by atoms with van der Waals surface area (Å²) in [6, 6.07) is 12.6. The third-order valence-electron chi connectivity index (χ3n) is 3.56. The van der Waals surface area contributed by atoms with Crippen molar-refractivity contribution in [2.75, 3.05) is 19.0 Å². The molecule has 0 saturated heterocycles. The third kappa shape index (κ3) is 2.50. The fraction of sp³-hybridized carbons (Fsp3) is 0.111. The standard InChI is InChI=1S/C18H15FN2O2/c1-20(2)11-14-12-7-3-4-8-13(12)17(22)21(18(14)23)16-10-6-5-9-15(16)19/h3-11H,1-2H3/b14-11+. The molecule has 4 nitrogen and oxygen atoms in total. The number of anilines is 1. The van der Waals surface area contributed by atoms with E-state index in [9.17, 15) is 14.0 Å². The molecule has 2 aromatic rings. The maximum Gasteiger partial charge on any atom is 0.267 e. The maximum atomic E-state index is 14.1. The van der Waals surface area contributed by atoms with Crippen molar-refractivity contribution in [3.05, 3.63) is 71.7 Å². The molecule has 0 saturated carbocycles. The van der Waals surface area contributed by atoms with Crippen LogP contribution in [-0.2, 0) is 4.79 Å². The smallest absolute Gasteiger partial charge is 0.267 e. The van der Waals surface area contributed by atoms with Crippen molar-refractivity contribution in [3.8, 4) is 0 Å². The summed E-state index contributed by atoms with van der Waals surface area (Å²) in [4.78, 5) is 28.2. The van der Waals surface area contributed by atoms with Crippen molar-refractivity contribution in [1.29, 1.82) is 0 Å². The first-order chi connectivity index (χ1) is 11.0. The third-order valence-corrected chi connectivity index (χ3v) is 3.56. The number of halogens is 1. The fourth-order valence-electron chi connectivity index (χ4n) is 2.59. The maximum absolute atomic E-state index is 14.1. The van der Waals surface area contributed by atoms with Gasteiger partial charge in [0.25, 0.3) is 11.8 Å². The Morgan fingerprint density at radius 3 is 2.17 bits per heavy atom. The molecule has 23 heavy (non-hydrogen) atoms. The van der Waals surface area contributed by atoms with Gasteiger partial charge in [0.15, 0.2) is 0 Å². The van der Waals surface area contributed by atoms with Gasteiger partial charge in [-0.2, -0.15) is 0 Å². The van der Waals surface area contributed by atoms with E-state index in [1.165, 1.54) is 18.2 Å². The van der Waals surface area contributed by atoms with E-state index >= 15 is 0 Å². The minimum atomic E-state index is -0.613. The zero-order valence-corrected chi connectivity index (χ0v) is 12.8. The molecule has 0 bridgehead atoms. The Kier molecular flexibility index (Phi) is 3.70. The first kappa shape index (κ1) is 15.0. The van der Waals surface area contributed by atoms with Crippen LogP contribution in [0.1, 0.15) is 15.9 Å². The van der Waals surface area contributed by atoms with Crippen LogP contribution in [0.3, 0.4) is 0 Å². The highest BCUT2D eigenvalue weighted by molar-refractivity contribution is 6.41. The summed E-state index contributed by atoms with van der Waals surface area (Å²) < 4.78 is 14.1. The van der Waals surface area contributed by atoms with Crippen molar-refractivity contribution < 1.29 is 14.0 Å². The lowest BCUT2D eigenvalue weighted by Gasteiger charge is -2.29. The van der Waals surface area contributed by atoms with Crippen LogP contribution in [0, 0.1) is 5.82 Å². The number of carbonyl (C=O) groups is 2. The van der Waals surface area contributed by atoms with Crippen LogP contribution in [0.2, 0.25) is 0 Å². The first-order valence-corrected chi connectivity index (χ1v) is 7.11. The van der Waals surface area contributed by atoms with Crippen molar-refractivity contribution in [2.45, 2.75) is 0 Å². The molecule has 3 rings (SSSR count). The van der Waals surface area contributed by atoms with E-state index in [1.54, 1.807) is 55.5 Å². The molecule has 0 N–H and O–H groups in total. The van der Waals surface area contributed by atoms with Crippen LogP contribution in [0.5, 0.6) is 0 Å². The number of benzene rings is 2. The number of imide groups is 1. The molecular weight excluding hydrogens is 295 g/mol. The molecule has 2 aromatic carbocycles. The predicted octanol–water partition coefficient (Wildman–Crippen LogP) is 2.92. The summed E-state index contributed by atoms with van der Waals surface area (Å²) in [5.41, 5.74) is 1.25. The summed E-state index contributed by atoms with van der Waals surface area (Å²) in [5.74, 6) is -1.67. The second-order valence-electron chi connectivity index (χ2n) is 5.45. The predicted molar refractivity (Wildman–Crippen MR) is 86.3 cm³/mol. The van der Waals surface area contributed by atoms with Gasteiger partial charge in [-0.25, -0.2) is 9.29 Å². The Hall–Kier alpha value is -2.95. The van der Waals surface area contributed by atoms with Gasteiger partial charge in [-0.05, 0) is 18.2 Å². The Morgan fingerprint density at radius 1 is 0.913 bits per heavy atom. The first-order valence-electron chi connectivity index (χ1n) is 7.11. The van der Waals surface area contributed by atoms with Crippen LogP contribution in [0.4, 0.5) is 10.1 Å². The van der Waals surface area contributed by atoms with Gasteiger partial charge in [-0.15, -0.1) is 0 Å². The lowest BCUT2D eigenvalue weighted by molar-refractivity contribution is -0.112. The largest absolute Gasteiger partial charge is 0.383 e. The van der Waals surface area contributed by atoms with Gasteiger partial charge in [0.2, 0.25) is 0 Å². The number of para-hydroxylation sites is 1. The van der Waals surface area contributed by atoms with Gasteiger partial charge in [0.05, 0.1) is 11.3 Å². The van der Waals surface area contributed by atoms with E-state index < -0.39 is 17.6 Å². The number of nitrogens with zero attached hydrogens (tertiary/aromatic N) is 2. The molecule has 1 aliphatic heterocycles. The number of amides is 2. The molecule has 0 atom stereocenters. The van der Waals surface area contributed by atoms with Crippen LogP contribution < -0.4 is 4.90 Å². The van der Waals surface area contributed by atoms with Gasteiger partial charge in [0.1, 0.15) is 5.82 Å². The van der Waals surface area contributed by atoms with Gasteiger partial charge in [0, 0.05) is 31.4 Å². The van der Waals surface area contributed by atoms with Gasteiger partial charge in [-0.3, -0.25) is 9.59 Å². The Labute approximate surface area is 133 Å². The molecule has 116 valence electrons. The van der Waals surface area contributed by atoms with Gasteiger partial charge >= 0.3 is 0 Å². The van der Waals surface area contributed by atoms with Crippen LogP contribution in [0.25, 0.3) is 5.57 Å². The lowest BCUT2D eigenvalue weighted by atomic mass is 9.93. The number of hydrogen-bond acceptors (Lipinski definition) is 3. The van der Waals surface area contributed by atoms with Crippen molar-refractivity contribution in [3.63, 3.8) is 0 Å². The van der Waals surface area contributed by atoms with E-state index in [0.717, 1.165) is 4.90 Å². The number of carbonyl (C=O) groups excluding carboxylic acids is 2. The van der Waals surface area contributed by atoms with Crippen molar-refractivity contribution >= 4 is 23.1 Å². The number of hydrogen-bond donors (Lipinski definition) is 0. The highest BCUT2D eigenvalue weighted by Gasteiger charge is 2.36. The fourth-order valence-corrected chi connectivity index (χ4v) is 2.59. The average Bonchev–Trinajstić information content (AvgIpc) is 2.53. The monoisotopic (exact) mass is 310 g/mol. The summed E-state index contributed by atoms with van der Waals surface area (Å²) in [6.45, 7) is 0. The molecule has 0 spiro atoms. The molecule has 0 radical (unpaired) electrons. The normalized spacial score (nSPS) is 15.8. The molecule has 0 aliphatic carbocycles. The Balaban J connectivity index is 2.23. The van der Waals surface area contributed by atoms with E-state index in [-0.39, 0.29) is 5.69 Å². The number of fused-ring (bicyclic) bond motifs is 1. The SMILES string of the molecule is CN(C)/C=C1/C(=O)N(c2ccccc2F)C(=O)c2ccccc21. The summed E-state index contributed by atoms with van der Waals surface area (Å²) in [7, 11) is 3.57. The minimum Gasteiger partial charge on any atom is -0.383 e. The quantitative estimate of drug-likeness (QED) is 0.632. The zero-order valence-electron chi connectivity index (χ0n) is 12.8. The van der Waals surface area contributed by atoms with E-state index in [0.29, 0.717) is 16.7 Å². The summed E-state index contributed by atoms with van der Waals surface area (Å²) in [5, 5.41) is 0. The lowest BCUT2D eigenvalue weighted by Crippen LogP contribution is -2.42. The second kappa shape index (κ2) is 5.68. The van der Waals surface area contributed by atoms with E-state index in [4.69, 9.17) is 0 Å². The molecular formula is C18H15FN2O2. The zero-order chi connectivity index (χ0) is 16.6. The highest BCUT2D eigenvalue weighted by Crippen LogP contribution is 2.33. The van der Waals surface area contributed by atoms with Crippen molar-refractivity contribution in [1.82, 2.24) is 4.90 Å². The Morgan fingerprint density at radius 2 is 1.52 bits per heavy atom. The van der Waals surface area contributed by atoms with E-state index in [1.807, 2.05) is 0 Å². The van der Waals surface area contributed by atoms with Gasteiger partial charge in [-0.1, -0.05) is 30.3 Å². The molecule has 2 amide bonds. The molecule has 1 aliphatic rings. The topological polar surface area (TPSA) is 40.6 Å². The molecule has 0 unspecified atom stereocenters.